The predicted molar refractivity (Wildman–Crippen MR) is 59.4 cm³/mol. The van der Waals surface area contributed by atoms with Gasteiger partial charge in [-0.25, -0.2) is 0 Å². The van der Waals surface area contributed by atoms with Crippen LogP contribution in [0.1, 0.15) is 25.0 Å². The fraction of sp³-hybridized carbons (Fsp3) is 0.500. The monoisotopic (exact) mass is 247 g/mol. The second-order valence-corrected chi connectivity index (χ2v) is 4.59. The van der Waals surface area contributed by atoms with Crippen LogP contribution >= 0.6 is 0 Å². The van der Waals surface area contributed by atoms with Crippen LogP contribution in [0, 0.1) is 0 Å². The van der Waals surface area contributed by atoms with Gasteiger partial charge in [0.1, 0.15) is 0 Å². The number of hydrogen-bond donors (Lipinski definition) is 2. The number of hydrogen-bond acceptors (Lipinski definition) is 2. The van der Waals surface area contributed by atoms with E-state index in [4.69, 9.17) is 5.11 Å². The molecule has 2 N–H and O–H groups in total. The highest BCUT2D eigenvalue weighted by Gasteiger charge is 2.30. The first-order chi connectivity index (χ1) is 7.74. The minimum atomic E-state index is -4.32. The molecule has 0 aromatic heterocycles. The van der Waals surface area contributed by atoms with Crippen molar-refractivity contribution in [1.29, 1.82) is 0 Å². The van der Waals surface area contributed by atoms with Gasteiger partial charge in [-0.2, -0.15) is 13.2 Å². The van der Waals surface area contributed by atoms with Gasteiger partial charge >= 0.3 is 6.18 Å². The van der Waals surface area contributed by atoms with Crippen LogP contribution in [0.3, 0.4) is 0 Å². The van der Waals surface area contributed by atoms with Crippen LogP contribution in [0.5, 0.6) is 0 Å². The molecule has 0 aliphatic rings. The Bertz CT molecular complexity index is 374. The third-order valence-corrected chi connectivity index (χ3v) is 2.42. The molecule has 0 radical (unpaired) electrons. The van der Waals surface area contributed by atoms with Gasteiger partial charge in [0.2, 0.25) is 0 Å². The van der Waals surface area contributed by atoms with E-state index in [1.807, 2.05) is 0 Å². The lowest BCUT2D eigenvalue weighted by Gasteiger charge is -2.23. The number of aliphatic hydroxyl groups excluding tert-OH is 1. The van der Waals surface area contributed by atoms with Crippen LogP contribution in [0.15, 0.2) is 24.3 Å². The maximum absolute atomic E-state index is 12.4. The zero-order valence-electron chi connectivity index (χ0n) is 9.80. The Kier molecular flexibility index (Phi) is 4.16. The minimum Gasteiger partial charge on any atom is -0.394 e. The van der Waals surface area contributed by atoms with Gasteiger partial charge in [0, 0.05) is 12.1 Å². The Morgan fingerprint density at radius 2 is 1.88 bits per heavy atom. The van der Waals surface area contributed by atoms with Gasteiger partial charge in [-0.05, 0) is 25.5 Å². The molecule has 0 fully saturated rings. The van der Waals surface area contributed by atoms with Crippen molar-refractivity contribution >= 4 is 0 Å². The second-order valence-electron chi connectivity index (χ2n) is 4.59. The van der Waals surface area contributed by atoms with Gasteiger partial charge in [-0.3, -0.25) is 0 Å². The van der Waals surface area contributed by atoms with E-state index >= 15 is 0 Å². The highest BCUT2D eigenvalue weighted by Crippen LogP contribution is 2.29. The number of alkyl halides is 3. The molecule has 1 aromatic carbocycles. The molecule has 0 heterocycles. The smallest absolute Gasteiger partial charge is 0.394 e. The maximum Gasteiger partial charge on any atom is 0.416 e. The van der Waals surface area contributed by atoms with E-state index in [0.717, 1.165) is 12.1 Å². The molecule has 0 aliphatic heterocycles. The summed E-state index contributed by atoms with van der Waals surface area (Å²) in [5.74, 6) is 0. The summed E-state index contributed by atoms with van der Waals surface area (Å²) in [6.07, 6.45) is -4.32. The summed E-state index contributed by atoms with van der Waals surface area (Å²) in [5, 5.41) is 12.0. The van der Waals surface area contributed by atoms with Gasteiger partial charge in [0.15, 0.2) is 0 Å². The van der Waals surface area contributed by atoms with Gasteiger partial charge < -0.3 is 10.4 Å². The molecule has 0 saturated heterocycles. The molecular formula is C12H16F3NO. The lowest BCUT2D eigenvalue weighted by Crippen LogP contribution is -2.42. The molecule has 5 heteroatoms. The van der Waals surface area contributed by atoms with Crippen molar-refractivity contribution in [1.82, 2.24) is 5.32 Å². The fourth-order valence-corrected chi connectivity index (χ4v) is 1.25. The topological polar surface area (TPSA) is 32.3 Å². The number of aliphatic hydroxyl groups is 1. The average molecular weight is 247 g/mol. The Morgan fingerprint density at radius 3 is 2.41 bits per heavy atom. The number of benzene rings is 1. The molecule has 1 rings (SSSR count). The van der Waals surface area contributed by atoms with Crippen molar-refractivity contribution in [2.75, 3.05) is 6.61 Å². The van der Waals surface area contributed by atoms with Crippen LogP contribution < -0.4 is 5.32 Å². The summed E-state index contributed by atoms with van der Waals surface area (Å²) in [4.78, 5) is 0. The first kappa shape index (κ1) is 14.0. The van der Waals surface area contributed by atoms with E-state index in [9.17, 15) is 13.2 Å². The SMILES string of the molecule is CC(C)(CO)NCc1cccc(C(F)(F)F)c1. The van der Waals surface area contributed by atoms with Gasteiger partial charge in [-0.15, -0.1) is 0 Å². The van der Waals surface area contributed by atoms with Crippen molar-refractivity contribution in [2.24, 2.45) is 0 Å². The molecule has 0 aliphatic carbocycles. The fourth-order valence-electron chi connectivity index (χ4n) is 1.25. The van der Waals surface area contributed by atoms with Crippen LogP contribution in [-0.2, 0) is 12.7 Å². The van der Waals surface area contributed by atoms with Gasteiger partial charge in [0.25, 0.3) is 0 Å². The Labute approximate surface area is 98.5 Å². The molecule has 17 heavy (non-hydrogen) atoms. The largest absolute Gasteiger partial charge is 0.416 e. The summed E-state index contributed by atoms with van der Waals surface area (Å²) >= 11 is 0. The summed E-state index contributed by atoms with van der Waals surface area (Å²) in [6, 6.07) is 5.16. The highest BCUT2D eigenvalue weighted by molar-refractivity contribution is 5.25. The molecule has 96 valence electrons. The normalized spacial score (nSPS) is 12.8. The lowest BCUT2D eigenvalue weighted by atomic mass is 10.1. The number of halogens is 3. The van der Waals surface area contributed by atoms with Crippen LogP contribution in [0.25, 0.3) is 0 Å². The molecule has 1 aromatic rings. The number of rotatable bonds is 4. The average Bonchev–Trinajstić information content (AvgIpc) is 2.26. The van der Waals surface area contributed by atoms with E-state index < -0.39 is 17.3 Å². The molecule has 0 saturated carbocycles. The van der Waals surface area contributed by atoms with Crippen molar-refractivity contribution < 1.29 is 18.3 Å². The maximum atomic E-state index is 12.4. The first-order valence-corrected chi connectivity index (χ1v) is 5.27. The van der Waals surface area contributed by atoms with Crippen molar-refractivity contribution in [3.8, 4) is 0 Å². The van der Waals surface area contributed by atoms with Crippen LogP contribution in [0.4, 0.5) is 13.2 Å². The molecular weight excluding hydrogens is 231 g/mol. The Morgan fingerprint density at radius 1 is 1.24 bits per heavy atom. The quantitative estimate of drug-likeness (QED) is 0.857. The molecule has 0 bridgehead atoms. The summed E-state index contributed by atoms with van der Waals surface area (Å²) in [5.41, 5.74) is -0.617. The van der Waals surface area contributed by atoms with E-state index in [2.05, 4.69) is 5.32 Å². The Hall–Kier alpha value is -1.07. The van der Waals surface area contributed by atoms with Crippen LogP contribution in [0.2, 0.25) is 0 Å². The highest BCUT2D eigenvalue weighted by atomic mass is 19.4. The van der Waals surface area contributed by atoms with Gasteiger partial charge in [0.05, 0.1) is 12.2 Å². The van der Waals surface area contributed by atoms with Crippen LogP contribution in [-0.4, -0.2) is 17.3 Å². The zero-order chi connectivity index (χ0) is 13.1. The third-order valence-electron chi connectivity index (χ3n) is 2.42. The summed E-state index contributed by atoms with van der Waals surface area (Å²) < 4.78 is 37.3. The third kappa shape index (κ3) is 4.36. The van der Waals surface area contributed by atoms with Crippen molar-refractivity contribution in [3.63, 3.8) is 0 Å². The molecule has 0 amide bonds. The second kappa shape index (κ2) is 5.06. The first-order valence-electron chi connectivity index (χ1n) is 5.27. The van der Waals surface area contributed by atoms with E-state index in [0.29, 0.717) is 5.56 Å². The zero-order valence-corrected chi connectivity index (χ0v) is 9.80. The summed E-state index contributed by atoms with van der Waals surface area (Å²) in [6.45, 7) is 3.77. The van der Waals surface area contributed by atoms with E-state index in [-0.39, 0.29) is 13.2 Å². The van der Waals surface area contributed by atoms with E-state index in [1.54, 1.807) is 19.9 Å². The molecule has 2 nitrogen and oxygen atoms in total. The minimum absolute atomic E-state index is 0.0774. The van der Waals surface area contributed by atoms with E-state index in [1.165, 1.54) is 6.07 Å². The molecule has 0 spiro atoms. The lowest BCUT2D eigenvalue weighted by molar-refractivity contribution is -0.137. The van der Waals surface area contributed by atoms with Crippen molar-refractivity contribution in [3.05, 3.63) is 35.4 Å². The summed E-state index contributed by atoms with van der Waals surface area (Å²) in [7, 11) is 0. The predicted octanol–water partition coefficient (Wildman–Crippen LogP) is 2.57. The Balaban J connectivity index is 2.74. The standard InChI is InChI=1S/C12H16F3NO/c1-11(2,8-17)16-7-9-4-3-5-10(6-9)12(13,14)15/h3-6,16-17H,7-8H2,1-2H3. The number of nitrogens with one attached hydrogen (secondary N) is 1. The van der Waals surface area contributed by atoms with Gasteiger partial charge in [-0.1, -0.05) is 18.2 Å². The molecule has 0 unspecified atom stereocenters. The van der Waals surface area contributed by atoms with Crippen molar-refractivity contribution in [2.45, 2.75) is 32.1 Å². The molecule has 0 atom stereocenters.